The van der Waals surface area contributed by atoms with Crippen LogP contribution in [0.5, 0.6) is 0 Å². The molecule has 1 amide bonds. The van der Waals surface area contributed by atoms with Gasteiger partial charge in [0.15, 0.2) is 6.04 Å². The molecule has 0 aliphatic heterocycles. The van der Waals surface area contributed by atoms with Crippen LogP contribution in [0.15, 0.2) is 60.9 Å². The number of hydrogen-bond acceptors (Lipinski definition) is 4. The van der Waals surface area contributed by atoms with Crippen LogP contribution in [-0.2, 0) is 11.3 Å². The summed E-state index contributed by atoms with van der Waals surface area (Å²) in [5.74, 6) is -0.607. The zero-order chi connectivity index (χ0) is 16.1. The second kappa shape index (κ2) is 6.78. The zero-order valence-electron chi connectivity index (χ0n) is 12.1. The van der Waals surface area contributed by atoms with Crippen LogP contribution < -0.4 is 5.32 Å². The Labute approximate surface area is 132 Å². The maximum atomic E-state index is 13.2. The average Bonchev–Trinajstić information content (AvgIpc) is 3.08. The predicted molar refractivity (Wildman–Crippen MR) is 80.6 cm³/mol. The zero-order valence-corrected chi connectivity index (χ0v) is 12.1. The third-order valence-electron chi connectivity index (χ3n) is 3.35. The molecule has 6 nitrogen and oxygen atoms in total. The lowest BCUT2D eigenvalue weighted by molar-refractivity contribution is -0.123. The molecule has 1 N–H and O–H groups in total. The SMILES string of the molecule is O=C(NCc1cccc(F)c1)C(c1ccccc1)n1cnnn1. The van der Waals surface area contributed by atoms with Gasteiger partial charge in [0, 0.05) is 6.54 Å². The number of tetrazole rings is 1. The predicted octanol–water partition coefficient (Wildman–Crippen LogP) is 1.72. The first kappa shape index (κ1) is 14.8. The molecule has 1 atom stereocenters. The summed E-state index contributed by atoms with van der Waals surface area (Å²) < 4.78 is 14.6. The monoisotopic (exact) mass is 311 g/mol. The van der Waals surface area contributed by atoms with Crippen LogP contribution in [0.25, 0.3) is 0 Å². The van der Waals surface area contributed by atoms with Crippen molar-refractivity contribution in [2.24, 2.45) is 0 Å². The first-order chi connectivity index (χ1) is 11.2. The van der Waals surface area contributed by atoms with Gasteiger partial charge < -0.3 is 5.32 Å². The van der Waals surface area contributed by atoms with Gasteiger partial charge in [0.05, 0.1) is 0 Å². The number of halogens is 1. The van der Waals surface area contributed by atoms with Gasteiger partial charge in [-0.2, -0.15) is 0 Å². The fourth-order valence-corrected chi connectivity index (χ4v) is 2.28. The van der Waals surface area contributed by atoms with E-state index in [9.17, 15) is 9.18 Å². The van der Waals surface area contributed by atoms with Gasteiger partial charge in [-0.05, 0) is 33.7 Å². The summed E-state index contributed by atoms with van der Waals surface area (Å²) in [4.78, 5) is 12.6. The van der Waals surface area contributed by atoms with E-state index in [1.807, 2.05) is 30.3 Å². The Bertz CT molecular complexity index is 776. The van der Waals surface area contributed by atoms with Crippen molar-refractivity contribution < 1.29 is 9.18 Å². The molecule has 23 heavy (non-hydrogen) atoms. The number of carbonyl (C=O) groups excluding carboxylic acids is 1. The quantitative estimate of drug-likeness (QED) is 0.778. The smallest absolute Gasteiger partial charge is 0.249 e. The van der Waals surface area contributed by atoms with Crippen LogP contribution in [0.3, 0.4) is 0 Å². The van der Waals surface area contributed by atoms with Crippen molar-refractivity contribution in [2.45, 2.75) is 12.6 Å². The van der Waals surface area contributed by atoms with Crippen LogP contribution in [0, 0.1) is 5.82 Å². The number of carbonyl (C=O) groups is 1. The lowest BCUT2D eigenvalue weighted by atomic mass is 10.1. The minimum Gasteiger partial charge on any atom is -0.350 e. The summed E-state index contributed by atoms with van der Waals surface area (Å²) in [6, 6.07) is 14.6. The number of benzene rings is 2. The van der Waals surface area contributed by atoms with Crippen LogP contribution >= 0.6 is 0 Å². The van der Waals surface area contributed by atoms with Crippen LogP contribution in [-0.4, -0.2) is 26.1 Å². The van der Waals surface area contributed by atoms with E-state index in [4.69, 9.17) is 0 Å². The summed E-state index contributed by atoms with van der Waals surface area (Å²) >= 11 is 0. The highest BCUT2D eigenvalue weighted by atomic mass is 19.1. The van der Waals surface area contributed by atoms with Gasteiger partial charge in [0.1, 0.15) is 12.1 Å². The largest absolute Gasteiger partial charge is 0.350 e. The van der Waals surface area contributed by atoms with Crippen molar-refractivity contribution in [2.75, 3.05) is 0 Å². The number of nitrogens with zero attached hydrogens (tertiary/aromatic N) is 4. The summed E-state index contributed by atoms with van der Waals surface area (Å²) in [6.07, 6.45) is 1.39. The first-order valence-electron chi connectivity index (χ1n) is 7.03. The number of rotatable bonds is 5. The summed E-state index contributed by atoms with van der Waals surface area (Å²) in [5, 5.41) is 13.8. The highest BCUT2D eigenvalue weighted by molar-refractivity contribution is 5.83. The van der Waals surface area contributed by atoms with E-state index in [0.717, 1.165) is 5.56 Å². The van der Waals surface area contributed by atoms with Crippen LogP contribution in [0.4, 0.5) is 4.39 Å². The molecule has 3 rings (SSSR count). The first-order valence-corrected chi connectivity index (χ1v) is 7.03. The second-order valence-electron chi connectivity index (χ2n) is 4.95. The van der Waals surface area contributed by atoms with Gasteiger partial charge in [0.25, 0.3) is 0 Å². The number of nitrogens with one attached hydrogen (secondary N) is 1. The van der Waals surface area contributed by atoms with Gasteiger partial charge in [-0.25, -0.2) is 9.07 Å². The van der Waals surface area contributed by atoms with E-state index < -0.39 is 6.04 Å². The average molecular weight is 311 g/mol. The molecule has 1 unspecified atom stereocenters. The molecule has 0 saturated heterocycles. The van der Waals surface area contributed by atoms with E-state index >= 15 is 0 Å². The highest BCUT2D eigenvalue weighted by Crippen LogP contribution is 2.17. The van der Waals surface area contributed by atoms with Crippen molar-refractivity contribution in [1.29, 1.82) is 0 Å². The molecule has 0 aliphatic rings. The number of amides is 1. The third-order valence-corrected chi connectivity index (χ3v) is 3.35. The summed E-state index contributed by atoms with van der Waals surface area (Å²) in [5.41, 5.74) is 1.44. The molecule has 1 heterocycles. The van der Waals surface area contributed by atoms with Crippen LogP contribution in [0.2, 0.25) is 0 Å². The van der Waals surface area contributed by atoms with Gasteiger partial charge in [0.2, 0.25) is 5.91 Å². The fraction of sp³-hybridized carbons (Fsp3) is 0.125. The number of aromatic nitrogens is 4. The Kier molecular flexibility index (Phi) is 4.37. The lowest BCUT2D eigenvalue weighted by Gasteiger charge is -2.16. The molecule has 1 aromatic heterocycles. The molecule has 3 aromatic rings. The van der Waals surface area contributed by atoms with E-state index in [-0.39, 0.29) is 18.3 Å². The van der Waals surface area contributed by atoms with Gasteiger partial charge in [-0.1, -0.05) is 42.5 Å². The van der Waals surface area contributed by atoms with E-state index in [2.05, 4.69) is 20.8 Å². The molecule has 0 saturated carbocycles. The minimum absolute atomic E-state index is 0.224. The molecule has 0 bridgehead atoms. The molecule has 0 fully saturated rings. The normalized spacial score (nSPS) is 11.9. The van der Waals surface area contributed by atoms with Gasteiger partial charge >= 0.3 is 0 Å². The Hall–Kier alpha value is -3.09. The Morgan fingerprint density at radius 1 is 1.17 bits per heavy atom. The standard InChI is InChI=1S/C16H14FN5O/c17-14-8-4-5-12(9-14)10-18-16(23)15(22-11-19-20-21-22)13-6-2-1-3-7-13/h1-9,11,15H,10H2,(H,18,23). The second-order valence-corrected chi connectivity index (χ2v) is 4.95. The topological polar surface area (TPSA) is 72.7 Å². The number of hydrogen-bond donors (Lipinski definition) is 1. The maximum Gasteiger partial charge on any atom is 0.249 e. The molecule has 2 aromatic carbocycles. The molecular weight excluding hydrogens is 297 g/mol. The Morgan fingerprint density at radius 2 is 2.00 bits per heavy atom. The van der Waals surface area contributed by atoms with Crippen LogP contribution in [0.1, 0.15) is 17.2 Å². The van der Waals surface area contributed by atoms with Crippen molar-refractivity contribution in [3.05, 3.63) is 77.9 Å². The molecule has 7 heteroatoms. The highest BCUT2D eigenvalue weighted by Gasteiger charge is 2.23. The minimum atomic E-state index is -0.681. The molecule has 0 spiro atoms. The molecular formula is C16H14FN5O. The van der Waals surface area contributed by atoms with Crippen molar-refractivity contribution in [3.63, 3.8) is 0 Å². The summed E-state index contributed by atoms with van der Waals surface area (Å²) in [6.45, 7) is 0.224. The Morgan fingerprint density at radius 3 is 2.70 bits per heavy atom. The van der Waals surface area contributed by atoms with E-state index in [0.29, 0.717) is 5.56 Å². The Balaban J connectivity index is 1.79. The molecule has 0 radical (unpaired) electrons. The van der Waals surface area contributed by atoms with Gasteiger partial charge in [-0.3, -0.25) is 4.79 Å². The lowest BCUT2D eigenvalue weighted by Crippen LogP contribution is -2.33. The molecule has 0 aliphatic carbocycles. The third kappa shape index (κ3) is 3.57. The fourth-order valence-electron chi connectivity index (χ4n) is 2.28. The van der Waals surface area contributed by atoms with E-state index in [1.165, 1.54) is 23.1 Å². The van der Waals surface area contributed by atoms with Crippen molar-refractivity contribution in [1.82, 2.24) is 25.5 Å². The van der Waals surface area contributed by atoms with Gasteiger partial charge in [-0.15, -0.1) is 5.10 Å². The summed E-state index contributed by atoms with van der Waals surface area (Å²) in [7, 11) is 0. The maximum absolute atomic E-state index is 13.2. The van der Waals surface area contributed by atoms with Crippen molar-refractivity contribution >= 4 is 5.91 Å². The van der Waals surface area contributed by atoms with E-state index in [1.54, 1.807) is 12.1 Å². The molecule has 116 valence electrons. The van der Waals surface area contributed by atoms with Crippen molar-refractivity contribution in [3.8, 4) is 0 Å².